The van der Waals surface area contributed by atoms with Gasteiger partial charge in [0.25, 0.3) is 0 Å². The van der Waals surface area contributed by atoms with Crippen LogP contribution in [0.2, 0.25) is 0 Å². The van der Waals surface area contributed by atoms with Crippen molar-refractivity contribution in [1.29, 1.82) is 0 Å². The van der Waals surface area contributed by atoms with Gasteiger partial charge in [-0.2, -0.15) is 0 Å². The third kappa shape index (κ3) is 9.27. The predicted molar refractivity (Wildman–Crippen MR) is 137 cm³/mol. The van der Waals surface area contributed by atoms with E-state index in [1.807, 2.05) is 6.07 Å². The number of ketones is 1. The summed E-state index contributed by atoms with van der Waals surface area (Å²) >= 11 is 0. The molecule has 4 nitrogen and oxygen atoms in total. The molecule has 0 radical (unpaired) electrons. The monoisotopic (exact) mass is 452 g/mol. The van der Waals surface area contributed by atoms with Crippen LogP contribution in [0.25, 0.3) is 0 Å². The molecule has 174 valence electrons. The molecule has 0 bridgehead atoms. The molecule has 4 rings (SSSR count). The molecular formula is C27H40N2O2Si. The summed E-state index contributed by atoms with van der Waals surface area (Å²) in [7, 11) is 1.17. The fraction of sp³-hybridized carbons (Fsp3) is 0.519. The summed E-state index contributed by atoms with van der Waals surface area (Å²) in [5.41, 5.74) is 1.38. The number of Topliss-reactive ketones (excluding diaryl/α,β-unsaturated/α-hetero) is 1. The van der Waals surface area contributed by atoms with E-state index in [0.29, 0.717) is 12.5 Å². The number of benzene rings is 2. The smallest absolute Gasteiger partial charge is 0.131 e. The minimum absolute atomic E-state index is 0.281. The zero-order valence-corrected chi connectivity index (χ0v) is 22.0. The van der Waals surface area contributed by atoms with Crippen LogP contribution in [-0.4, -0.2) is 64.7 Å². The van der Waals surface area contributed by atoms with Gasteiger partial charge in [-0.1, -0.05) is 54.1 Å². The molecule has 2 aromatic rings. The Bertz CT molecular complexity index is 783. The number of hydrogen-bond donors (Lipinski definition) is 0. The molecule has 2 aromatic carbocycles. The lowest BCUT2D eigenvalue weighted by atomic mass is 10.1. The molecule has 5 heteroatoms. The summed E-state index contributed by atoms with van der Waals surface area (Å²) in [6.45, 7) is 8.17. The van der Waals surface area contributed by atoms with Gasteiger partial charge in [0.2, 0.25) is 0 Å². The molecule has 0 aliphatic carbocycles. The Morgan fingerprint density at radius 3 is 2.12 bits per heavy atom. The Hall–Kier alpha value is -1.95. The van der Waals surface area contributed by atoms with Gasteiger partial charge in [-0.25, -0.2) is 0 Å². The Morgan fingerprint density at radius 2 is 1.56 bits per heavy atom. The van der Waals surface area contributed by atoms with Crippen molar-refractivity contribution in [2.24, 2.45) is 0 Å². The first-order valence-electron chi connectivity index (χ1n) is 12.3. The fourth-order valence-electron chi connectivity index (χ4n) is 4.34. The van der Waals surface area contributed by atoms with Crippen LogP contribution >= 0.6 is 0 Å². The second-order valence-electron chi connectivity index (χ2n) is 9.25. The number of nitrogens with zero attached hydrogens (tertiary/aromatic N) is 2. The van der Waals surface area contributed by atoms with Crippen molar-refractivity contribution in [2.75, 3.05) is 32.7 Å². The van der Waals surface area contributed by atoms with Gasteiger partial charge in [0.1, 0.15) is 17.6 Å². The second kappa shape index (κ2) is 13.6. The highest BCUT2D eigenvalue weighted by Gasteiger charge is 2.20. The molecule has 0 N–H and O–H groups in total. The molecule has 0 saturated carbocycles. The average molecular weight is 453 g/mol. The first-order valence-corrected chi connectivity index (χ1v) is 13.3. The number of hydrogen-bond acceptors (Lipinski definition) is 4. The van der Waals surface area contributed by atoms with Crippen molar-refractivity contribution in [3.05, 3.63) is 60.2 Å². The maximum Gasteiger partial charge on any atom is 0.131 e. The minimum atomic E-state index is 0.281. The SMILES string of the molecule is CC(=O)CCN1CCC(Oc2ccc(CN3CCCCC3)cc2)CC1.[SiH3]c1ccccc1. The summed E-state index contributed by atoms with van der Waals surface area (Å²) in [6.07, 6.45) is 7.14. The van der Waals surface area contributed by atoms with E-state index in [9.17, 15) is 4.79 Å². The van der Waals surface area contributed by atoms with Crippen molar-refractivity contribution < 1.29 is 9.53 Å². The van der Waals surface area contributed by atoms with Gasteiger partial charge in [0.15, 0.2) is 0 Å². The van der Waals surface area contributed by atoms with Crippen molar-refractivity contribution in [3.63, 3.8) is 0 Å². The van der Waals surface area contributed by atoms with Gasteiger partial charge in [-0.05, 0) is 63.4 Å². The van der Waals surface area contributed by atoms with Gasteiger partial charge < -0.3 is 9.64 Å². The van der Waals surface area contributed by atoms with Crippen LogP contribution in [0.4, 0.5) is 0 Å². The molecule has 0 spiro atoms. The average Bonchev–Trinajstić information content (AvgIpc) is 2.81. The number of rotatable bonds is 7. The Kier molecular flexibility index (Phi) is 10.5. The number of carbonyl (C=O) groups excluding carboxylic acids is 1. The lowest BCUT2D eigenvalue weighted by molar-refractivity contribution is -0.117. The molecule has 0 aromatic heterocycles. The summed E-state index contributed by atoms with van der Waals surface area (Å²) in [4.78, 5) is 16.0. The largest absolute Gasteiger partial charge is 0.490 e. The summed E-state index contributed by atoms with van der Waals surface area (Å²) in [5, 5.41) is 1.46. The predicted octanol–water partition coefficient (Wildman–Crippen LogP) is 3.17. The molecule has 2 fully saturated rings. The van der Waals surface area contributed by atoms with E-state index in [-0.39, 0.29) is 5.78 Å². The van der Waals surface area contributed by atoms with Gasteiger partial charge >= 0.3 is 0 Å². The molecular weight excluding hydrogens is 412 g/mol. The molecule has 2 aliphatic rings. The van der Waals surface area contributed by atoms with Crippen molar-refractivity contribution in [3.8, 4) is 5.75 Å². The van der Waals surface area contributed by atoms with Crippen LogP contribution < -0.4 is 9.92 Å². The van der Waals surface area contributed by atoms with E-state index in [4.69, 9.17) is 4.74 Å². The first-order chi connectivity index (χ1) is 15.6. The summed E-state index contributed by atoms with van der Waals surface area (Å²) < 4.78 is 6.17. The van der Waals surface area contributed by atoms with Gasteiger partial charge in [-0.15, -0.1) is 0 Å². The quantitative estimate of drug-likeness (QED) is 0.604. The van der Waals surface area contributed by atoms with Crippen molar-refractivity contribution in [2.45, 2.75) is 58.1 Å². The topological polar surface area (TPSA) is 32.8 Å². The van der Waals surface area contributed by atoms with Crippen LogP contribution in [0.1, 0.15) is 51.0 Å². The lowest BCUT2D eigenvalue weighted by Crippen LogP contribution is -2.39. The van der Waals surface area contributed by atoms with E-state index >= 15 is 0 Å². The van der Waals surface area contributed by atoms with Gasteiger partial charge in [0, 0.05) is 42.8 Å². The number of likely N-dealkylation sites (tertiary alicyclic amines) is 2. The highest BCUT2D eigenvalue weighted by Crippen LogP contribution is 2.21. The van der Waals surface area contributed by atoms with E-state index in [1.54, 1.807) is 6.92 Å². The summed E-state index contributed by atoms with van der Waals surface area (Å²) in [6, 6.07) is 19.2. The fourth-order valence-corrected chi connectivity index (χ4v) is 4.73. The van der Waals surface area contributed by atoms with Gasteiger partial charge in [0.05, 0.1) is 0 Å². The zero-order valence-electron chi connectivity index (χ0n) is 20.0. The third-order valence-electron chi connectivity index (χ3n) is 6.34. The maximum atomic E-state index is 11.1. The Morgan fingerprint density at radius 1 is 0.906 bits per heavy atom. The molecule has 32 heavy (non-hydrogen) atoms. The zero-order chi connectivity index (χ0) is 22.6. The highest BCUT2D eigenvalue weighted by atomic mass is 28.1. The molecule has 2 aliphatic heterocycles. The van der Waals surface area contributed by atoms with E-state index < -0.39 is 0 Å². The molecule has 0 atom stereocenters. The number of carbonyl (C=O) groups is 1. The van der Waals surface area contributed by atoms with Crippen molar-refractivity contribution >= 4 is 21.2 Å². The minimum Gasteiger partial charge on any atom is -0.490 e. The Labute approximate surface area is 197 Å². The number of ether oxygens (including phenoxy) is 1. The maximum absolute atomic E-state index is 11.1. The molecule has 0 amide bonds. The highest BCUT2D eigenvalue weighted by molar-refractivity contribution is 6.32. The van der Waals surface area contributed by atoms with Crippen LogP contribution in [0, 0.1) is 0 Å². The molecule has 0 unspecified atom stereocenters. The van der Waals surface area contributed by atoms with E-state index in [0.717, 1.165) is 44.8 Å². The van der Waals surface area contributed by atoms with Crippen LogP contribution in [0.3, 0.4) is 0 Å². The van der Waals surface area contributed by atoms with Gasteiger partial charge in [-0.3, -0.25) is 9.69 Å². The van der Waals surface area contributed by atoms with Crippen molar-refractivity contribution in [1.82, 2.24) is 9.80 Å². The normalized spacial score (nSPS) is 18.0. The van der Waals surface area contributed by atoms with Crippen LogP contribution in [0.5, 0.6) is 5.75 Å². The first kappa shape index (κ1) is 24.7. The van der Waals surface area contributed by atoms with E-state index in [2.05, 4.69) is 58.3 Å². The number of piperidine rings is 2. The third-order valence-corrected chi connectivity index (χ3v) is 7.00. The summed E-state index contributed by atoms with van der Waals surface area (Å²) in [5.74, 6) is 1.27. The van der Waals surface area contributed by atoms with Crippen LogP contribution in [0.15, 0.2) is 54.6 Å². The second-order valence-corrected chi connectivity index (χ2v) is 10.4. The Balaban J connectivity index is 0.000000352. The standard InChI is InChI=1S/C21H32N2O2.C6H8Si/c1-18(24)9-14-22-15-10-21(11-16-22)25-20-7-5-19(6-8-20)17-23-12-3-2-4-13-23;7-6-4-2-1-3-5-6/h5-8,21H,2-4,9-17H2,1H3;1-5H,7H3. The molecule has 2 heterocycles. The lowest BCUT2D eigenvalue weighted by Gasteiger charge is -2.32. The van der Waals surface area contributed by atoms with E-state index in [1.165, 1.54) is 53.3 Å². The van der Waals surface area contributed by atoms with Crippen LogP contribution in [-0.2, 0) is 11.3 Å². The molecule has 2 saturated heterocycles.